The lowest BCUT2D eigenvalue weighted by Gasteiger charge is -2.23. The van der Waals surface area contributed by atoms with E-state index in [2.05, 4.69) is 11.1 Å². The first-order valence-electron chi connectivity index (χ1n) is 8.27. The fourth-order valence-corrected chi connectivity index (χ4v) is 3.11. The van der Waals surface area contributed by atoms with E-state index in [9.17, 15) is 14.4 Å². The number of aromatic amines is 1. The number of nitriles is 1. The number of aromatic nitrogens is 1. The molecule has 1 aromatic heterocycles. The third-order valence-corrected chi connectivity index (χ3v) is 4.63. The number of pyridine rings is 1. The minimum absolute atomic E-state index is 0.101. The molecule has 1 unspecified atom stereocenters. The van der Waals surface area contributed by atoms with Crippen LogP contribution in [0.15, 0.2) is 53.3 Å². The Bertz CT molecular complexity index is 1030. The summed E-state index contributed by atoms with van der Waals surface area (Å²) < 4.78 is 13.5. The molecule has 3 nitrogen and oxygen atoms in total. The Morgan fingerprint density at radius 2 is 2.00 bits per heavy atom. The summed E-state index contributed by atoms with van der Waals surface area (Å²) >= 11 is 0. The smallest absolute Gasteiger partial charge is 0.251 e. The number of nitrogens with zero attached hydrogens (tertiary/aromatic N) is 1. The van der Waals surface area contributed by atoms with Crippen LogP contribution in [0.1, 0.15) is 30.5 Å². The van der Waals surface area contributed by atoms with E-state index in [0.717, 1.165) is 22.1 Å². The lowest BCUT2D eigenvalue weighted by atomic mass is 9.78. The lowest BCUT2D eigenvalue weighted by molar-refractivity contribution is 0.594. The zero-order chi connectivity index (χ0) is 18.0. The first-order chi connectivity index (χ1) is 11.9. The molecule has 0 radical (unpaired) electrons. The summed E-state index contributed by atoms with van der Waals surface area (Å²) in [5, 5.41) is 10.7. The lowest BCUT2D eigenvalue weighted by Crippen LogP contribution is -2.23. The molecule has 2 aromatic carbocycles. The molecule has 1 heterocycles. The van der Waals surface area contributed by atoms with Crippen LogP contribution in [0.25, 0.3) is 10.9 Å². The van der Waals surface area contributed by atoms with E-state index in [1.807, 2.05) is 44.2 Å². The van der Waals surface area contributed by atoms with Crippen molar-refractivity contribution in [3.63, 3.8) is 0 Å². The number of H-pyrrole nitrogens is 1. The quantitative estimate of drug-likeness (QED) is 0.775. The van der Waals surface area contributed by atoms with Crippen LogP contribution in [-0.4, -0.2) is 4.98 Å². The number of rotatable bonds is 4. The summed E-state index contributed by atoms with van der Waals surface area (Å²) in [7, 11) is 0. The number of hydrogen-bond donors (Lipinski definition) is 1. The number of fused-ring (bicyclic) bond motifs is 1. The molecule has 3 rings (SSSR count). The molecule has 3 aromatic rings. The second-order valence-corrected chi connectivity index (χ2v) is 6.53. The van der Waals surface area contributed by atoms with Crippen molar-refractivity contribution in [2.45, 2.75) is 32.1 Å². The average Bonchev–Trinajstić information content (AvgIpc) is 2.60. The Morgan fingerprint density at radius 1 is 1.20 bits per heavy atom. The van der Waals surface area contributed by atoms with Gasteiger partial charge in [-0.05, 0) is 60.5 Å². The fourth-order valence-electron chi connectivity index (χ4n) is 3.11. The summed E-state index contributed by atoms with van der Waals surface area (Å²) in [6.07, 6.45) is 1.06. The van der Waals surface area contributed by atoms with Crippen LogP contribution in [0.5, 0.6) is 0 Å². The van der Waals surface area contributed by atoms with Crippen LogP contribution < -0.4 is 5.56 Å². The van der Waals surface area contributed by atoms with Gasteiger partial charge in [0, 0.05) is 11.1 Å². The maximum Gasteiger partial charge on any atom is 0.251 e. The highest BCUT2D eigenvalue weighted by atomic mass is 19.1. The largest absolute Gasteiger partial charge is 0.322 e. The molecular formula is C21H19FN2O. The number of aryl methyl sites for hydroxylation is 1. The second-order valence-electron chi connectivity index (χ2n) is 6.53. The molecule has 1 N–H and O–H groups in total. The molecule has 0 amide bonds. The van der Waals surface area contributed by atoms with E-state index < -0.39 is 5.41 Å². The Hall–Kier alpha value is -2.93. The molecule has 0 aliphatic carbocycles. The third kappa shape index (κ3) is 3.32. The summed E-state index contributed by atoms with van der Waals surface area (Å²) in [4.78, 5) is 15.0. The Morgan fingerprint density at radius 3 is 2.68 bits per heavy atom. The van der Waals surface area contributed by atoms with Crippen molar-refractivity contribution >= 4 is 10.9 Å². The Balaban J connectivity index is 2.06. The van der Waals surface area contributed by atoms with Gasteiger partial charge in [0.2, 0.25) is 0 Å². The highest BCUT2D eigenvalue weighted by Gasteiger charge is 2.27. The molecule has 0 spiro atoms. The van der Waals surface area contributed by atoms with Crippen LogP contribution in [0.4, 0.5) is 4.39 Å². The van der Waals surface area contributed by atoms with E-state index in [1.165, 1.54) is 12.1 Å². The first-order valence-corrected chi connectivity index (χ1v) is 8.27. The van der Waals surface area contributed by atoms with Crippen molar-refractivity contribution in [2.75, 3.05) is 0 Å². The van der Waals surface area contributed by atoms with Crippen molar-refractivity contribution < 1.29 is 4.39 Å². The van der Waals surface area contributed by atoms with Gasteiger partial charge in [-0.25, -0.2) is 4.39 Å². The maximum absolute atomic E-state index is 13.5. The van der Waals surface area contributed by atoms with E-state index >= 15 is 0 Å². The molecule has 0 bridgehead atoms. The van der Waals surface area contributed by atoms with Crippen LogP contribution in [0.2, 0.25) is 0 Å². The van der Waals surface area contributed by atoms with E-state index in [0.29, 0.717) is 18.4 Å². The highest BCUT2D eigenvalue weighted by molar-refractivity contribution is 5.80. The van der Waals surface area contributed by atoms with Gasteiger partial charge in [0.1, 0.15) is 5.82 Å². The minimum Gasteiger partial charge on any atom is -0.322 e. The van der Waals surface area contributed by atoms with Crippen LogP contribution in [0.3, 0.4) is 0 Å². The van der Waals surface area contributed by atoms with Gasteiger partial charge in [-0.3, -0.25) is 4.79 Å². The summed E-state index contributed by atoms with van der Waals surface area (Å²) in [5.41, 5.74) is 2.09. The predicted molar refractivity (Wildman–Crippen MR) is 97.0 cm³/mol. The van der Waals surface area contributed by atoms with Gasteiger partial charge >= 0.3 is 0 Å². The number of halogens is 1. The number of hydrogen-bond acceptors (Lipinski definition) is 2. The van der Waals surface area contributed by atoms with Gasteiger partial charge in [0.25, 0.3) is 5.56 Å². The Kier molecular flexibility index (Phi) is 4.41. The summed E-state index contributed by atoms with van der Waals surface area (Å²) in [5.74, 6) is -0.312. The molecule has 0 aliphatic rings. The van der Waals surface area contributed by atoms with Crippen molar-refractivity contribution in [3.05, 3.63) is 81.4 Å². The highest BCUT2D eigenvalue weighted by Crippen LogP contribution is 2.30. The first kappa shape index (κ1) is 16.9. The van der Waals surface area contributed by atoms with Gasteiger partial charge in [0.15, 0.2) is 0 Å². The van der Waals surface area contributed by atoms with E-state index in [4.69, 9.17) is 0 Å². The van der Waals surface area contributed by atoms with Crippen molar-refractivity contribution in [2.24, 2.45) is 0 Å². The van der Waals surface area contributed by atoms with Crippen molar-refractivity contribution in [3.8, 4) is 6.07 Å². The molecule has 1 atom stereocenters. The molecule has 0 aliphatic heterocycles. The van der Waals surface area contributed by atoms with Gasteiger partial charge in [-0.2, -0.15) is 5.26 Å². The summed E-state index contributed by atoms with van der Waals surface area (Å²) in [6, 6.07) is 16.2. The average molecular weight is 334 g/mol. The fraction of sp³-hybridized carbons (Fsp3) is 0.238. The third-order valence-electron chi connectivity index (χ3n) is 4.63. The van der Waals surface area contributed by atoms with Gasteiger partial charge in [-0.15, -0.1) is 0 Å². The molecular weight excluding hydrogens is 315 g/mol. The molecule has 126 valence electrons. The zero-order valence-corrected chi connectivity index (χ0v) is 14.3. The van der Waals surface area contributed by atoms with E-state index in [1.54, 1.807) is 6.07 Å². The van der Waals surface area contributed by atoms with Crippen molar-refractivity contribution in [1.29, 1.82) is 5.26 Å². The Labute approximate surface area is 145 Å². The predicted octanol–water partition coefficient (Wildman–Crippen LogP) is 4.25. The summed E-state index contributed by atoms with van der Waals surface area (Å²) in [6.45, 7) is 3.77. The molecule has 0 saturated heterocycles. The van der Waals surface area contributed by atoms with Gasteiger partial charge in [-0.1, -0.05) is 31.2 Å². The standard InChI is InChI=1S/C21H19FN2O/c1-3-15-10-16-7-8-17(11-19(16)24-20(15)25)21(2,13-23)12-14-5-4-6-18(22)9-14/h4-11H,3,12H2,1-2H3,(H,24,25). The van der Waals surface area contributed by atoms with E-state index in [-0.39, 0.29) is 11.4 Å². The van der Waals surface area contributed by atoms with Crippen molar-refractivity contribution in [1.82, 2.24) is 4.98 Å². The van der Waals surface area contributed by atoms with Crippen LogP contribution in [0, 0.1) is 17.1 Å². The molecule has 25 heavy (non-hydrogen) atoms. The SMILES string of the molecule is CCc1cc2ccc(C(C)(C#N)Cc3cccc(F)c3)cc2[nH]c1=O. The second kappa shape index (κ2) is 6.52. The normalized spacial score (nSPS) is 13.4. The number of nitrogens with one attached hydrogen (secondary N) is 1. The van der Waals surface area contributed by atoms with Crippen LogP contribution in [-0.2, 0) is 18.3 Å². The molecule has 0 saturated carbocycles. The topological polar surface area (TPSA) is 56.6 Å². The van der Waals surface area contributed by atoms with Crippen LogP contribution >= 0.6 is 0 Å². The maximum atomic E-state index is 13.5. The molecule has 0 fully saturated rings. The van der Waals surface area contributed by atoms with Gasteiger partial charge < -0.3 is 4.98 Å². The monoisotopic (exact) mass is 334 g/mol. The number of benzene rings is 2. The molecule has 4 heteroatoms. The zero-order valence-electron chi connectivity index (χ0n) is 14.3. The minimum atomic E-state index is -0.817. The van der Waals surface area contributed by atoms with Gasteiger partial charge in [0.05, 0.1) is 11.5 Å².